The van der Waals surface area contributed by atoms with Crippen LogP contribution in [0.1, 0.15) is 16.8 Å². The molecule has 4 rings (SSSR count). The second-order valence-electron chi connectivity index (χ2n) is 6.89. The number of amides is 1. The molecule has 3 aromatic rings. The van der Waals surface area contributed by atoms with Crippen LogP contribution in [0.3, 0.4) is 0 Å². The van der Waals surface area contributed by atoms with E-state index in [0.29, 0.717) is 36.4 Å². The zero-order chi connectivity index (χ0) is 19.7. The SMILES string of the molecule is CN(C)c1ccc(OC2CCN(C(=O)c3cc4ccccc4oc3=O)C2)nn1. The maximum Gasteiger partial charge on any atom is 0.349 e. The first-order valence-corrected chi connectivity index (χ1v) is 9.01. The zero-order valence-corrected chi connectivity index (χ0v) is 15.7. The molecule has 2 aromatic heterocycles. The smallest absolute Gasteiger partial charge is 0.349 e. The molecule has 8 heteroatoms. The summed E-state index contributed by atoms with van der Waals surface area (Å²) < 4.78 is 11.1. The molecule has 0 spiro atoms. The number of para-hydroxylation sites is 1. The Bertz CT molecular complexity index is 1060. The fraction of sp³-hybridized carbons (Fsp3) is 0.300. The van der Waals surface area contributed by atoms with Gasteiger partial charge in [0, 0.05) is 38.5 Å². The van der Waals surface area contributed by atoms with Crippen LogP contribution in [0.4, 0.5) is 5.82 Å². The van der Waals surface area contributed by atoms with Gasteiger partial charge in [0.1, 0.15) is 17.3 Å². The number of anilines is 1. The van der Waals surface area contributed by atoms with Gasteiger partial charge in [-0.05, 0) is 18.2 Å². The average molecular weight is 380 g/mol. The standard InChI is InChI=1S/C20H20N4O4/c1-23(2)17-7-8-18(22-21-17)27-14-9-10-24(12-14)19(25)15-11-13-5-3-4-6-16(13)28-20(15)26/h3-8,11,14H,9-10,12H2,1-2H3. The van der Waals surface area contributed by atoms with E-state index < -0.39 is 5.63 Å². The van der Waals surface area contributed by atoms with Crippen molar-refractivity contribution in [2.45, 2.75) is 12.5 Å². The van der Waals surface area contributed by atoms with E-state index in [2.05, 4.69) is 10.2 Å². The largest absolute Gasteiger partial charge is 0.471 e. The lowest BCUT2D eigenvalue weighted by Crippen LogP contribution is -2.33. The Morgan fingerprint density at radius 2 is 2.04 bits per heavy atom. The highest BCUT2D eigenvalue weighted by molar-refractivity contribution is 5.96. The van der Waals surface area contributed by atoms with Crippen molar-refractivity contribution in [1.82, 2.24) is 15.1 Å². The topological polar surface area (TPSA) is 88.8 Å². The maximum absolute atomic E-state index is 12.8. The van der Waals surface area contributed by atoms with E-state index in [-0.39, 0.29) is 17.6 Å². The summed E-state index contributed by atoms with van der Waals surface area (Å²) in [6.07, 6.45) is 0.456. The molecule has 0 saturated carbocycles. The van der Waals surface area contributed by atoms with Gasteiger partial charge in [0.15, 0.2) is 5.82 Å². The number of hydrogen-bond acceptors (Lipinski definition) is 7. The molecule has 8 nitrogen and oxygen atoms in total. The van der Waals surface area contributed by atoms with Crippen molar-refractivity contribution < 1.29 is 13.9 Å². The van der Waals surface area contributed by atoms with Crippen LogP contribution in [0.5, 0.6) is 5.88 Å². The molecular formula is C20H20N4O4. The lowest BCUT2D eigenvalue weighted by molar-refractivity contribution is 0.0767. The number of nitrogens with zero attached hydrogens (tertiary/aromatic N) is 4. The normalized spacial score (nSPS) is 16.4. The predicted octanol–water partition coefficient (Wildman–Crippen LogP) is 1.94. The van der Waals surface area contributed by atoms with E-state index in [4.69, 9.17) is 9.15 Å². The molecule has 0 bridgehead atoms. The summed E-state index contributed by atoms with van der Waals surface area (Å²) in [7, 11) is 3.77. The first-order chi connectivity index (χ1) is 13.5. The molecule has 3 heterocycles. The molecule has 1 saturated heterocycles. The number of aromatic nitrogens is 2. The number of carbonyl (C=O) groups is 1. The van der Waals surface area contributed by atoms with Crippen LogP contribution in [0, 0.1) is 0 Å². The Kier molecular flexibility index (Phi) is 4.68. The van der Waals surface area contributed by atoms with Crippen LogP contribution in [-0.2, 0) is 0 Å². The quantitative estimate of drug-likeness (QED) is 0.639. The van der Waals surface area contributed by atoms with E-state index in [0.717, 1.165) is 5.82 Å². The first-order valence-electron chi connectivity index (χ1n) is 9.01. The van der Waals surface area contributed by atoms with Crippen LogP contribution in [-0.4, -0.2) is 54.3 Å². The molecular weight excluding hydrogens is 360 g/mol. The summed E-state index contributed by atoms with van der Waals surface area (Å²) in [6.45, 7) is 0.876. The summed E-state index contributed by atoms with van der Waals surface area (Å²) >= 11 is 0. The van der Waals surface area contributed by atoms with Crippen molar-refractivity contribution in [2.24, 2.45) is 0 Å². The van der Waals surface area contributed by atoms with Crippen molar-refractivity contribution in [1.29, 1.82) is 0 Å². The molecule has 1 atom stereocenters. The minimum absolute atomic E-state index is 0.0366. The number of hydrogen-bond donors (Lipinski definition) is 0. The van der Waals surface area contributed by atoms with E-state index in [1.807, 2.05) is 31.1 Å². The molecule has 1 aromatic carbocycles. The highest BCUT2D eigenvalue weighted by atomic mass is 16.5. The molecule has 0 N–H and O–H groups in total. The lowest BCUT2D eigenvalue weighted by Gasteiger charge is -2.17. The Balaban J connectivity index is 1.46. The summed E-state index contributed by atoms with van der Waals surface area (Å²) in [5.41, 5.74) is -0.126. The number of fused-ring (bicyclic) bond motifs is 1. The molecule has 0 aliphatic carbocycles. The van der Waals surface area contributed by atoms with Crippen LogP contribution < -0.4 is 15.3 Å². The predicted molar refractivity (Wildman–Crippen MR) is 104 cm³/mol. The number of rotatable bonds is 4. The molecule has 0 radical (unpaired) electrons. The molecule has 1 aliphatic heterocycles. The number of benzene rings is 1. The van der Waals surface area contributed by atoms with Crippen LogP contribution in [0.25, 0.3) is 11.0 Å². The Morgan fingerprint density at radius 3 is 2.79 bits per heavy atom. The van der Waals surface area contributed by atoms with Crippen molar-refractivity contribution in [2.75, 3.05) is 32.1 Å². The summed E-state index contributed by atoms with van der Waals surface area (Å²) in [5.74, 6) is 0.799. The molecule has 28 heavy (non-hydrogen) atoms. The van der Waals surface area contributed by atoms with E-state index in [1.165, 1.54) is 0 Å². The van der Waals surface area contributed by atoms with Gasteiger partial charge in [0.25, 0.3) is 5.91 Å². The average Bonchev–Trinajstić information content (AvgIpc) is 3.16. The summed E-state index contributed by atoms with van der Waals surface area (Å²) in [5, 5.41) is 8.85. The third-order valence-electron chi connectivity index (χ3n) is 4.68. The first kappa shape index (κ1) is 18.0. The summed E-state index contributed by atoms with van der Waals surface area (Å²) in [4.78, 5) is 28.5. The van der Waals surface area contributed by atoms with Crippen molar-refractivity contribution in [3.63, 3.8) is 0 Å². The van der Waals surface area contributed by atoms with Gasteiger partial charge in [-0.2, -0.15) is 0 Å². The Morgan fingerprint density at radius 1 is 1.21 bits per heavy atom. The van der Waals surface area contributed by atoms with Crippen LogP contribution in [0.2, 0.25) is 0 Å². The lowest BCUT2D eigenvalue weighted by atomic mass is 10.1. The Hall–Kier alpha value is -3.42. The molecule has 1 aliphatic rings. The molecule has 1 amide bonds. The maximum atomic E-state index is 12.8. The van der Waals surface area contributed by atoms with Gasteiger partial charge < -0.3 is 19.0 Å². The fourth-order valence-electron chi connectivity index (χ4n) is 3.18. The van der Waals surface area contributed by atoms with Gasteiger partial charge in [-0.3, -0.25) is 4.79 Å². The zero-order valence-electron chi connectivity index (χ0n) is 15.7. The van der Waals surface area contributed by atoms with Crippen LogP contribution >= 0.6 is 0 Å². The van der Waals surface area contributed by atoms with E-state index in [9.17, 15) is 9.59 Å². The third kappa shape index (κ3) is 3.53. The monoisotopic (exact) mass is 380 g/mol. The molecule has 144 valence electrons. The van der Waals surface area contributed by atoms with E-state index >= 15 is 0 Å². The number of ether oxygens (including phenoxy) is 1. The Labute approximate surface area is 161 Å². The van der Waals surface area contributed by atoms with Gasteiger partial charge in [0.2, 0.25) is 5.88 Å². The van der Waals surface area contributed by atoms with Gasteiger partial charge in [0.05, 0.1) is 6.54 Å². The van der Waals surface area contributed by atoms with Crippen molar-refractivity contribution >= 4 is 22.7 Å². The number of carbonyl (C=O) groups excluding carboxylic acids is 1. The molecule has 1 fully saturated rings. The third-order valence-corrected chi connectivity index (χ3v) is 4.68. The van der Waals surface area contributed by atoms with Gasteiger partial charge >= 0.3 is 5.63 Å². The van der Waals surface area contributed by atoms with Crippen LogP contribution in [0.15, 0.2) is 51.7 Å². The minimum atomic E-state index is -0.627. The second kappa shape index (κ2) is 7.30. The highest BCUT2D eigenvalue weighted by Crippen LogP contribution is 2.20. The second-order valence-corrected chi connectivity index (χ2v) is 6.89. The van der Waals surface area contributed by atoms with Crippen molar-refractivity contribution in [3.05, 3.63) is 58.4 Å². The number of likely N-dealkylation sites (tertiary alicyclic amines) is 1. The van der Waals surface area contributed by atoms with Crippen molar-refractivity contribution in [3.8, 4) is 5.88 Å². The minimum Gasteiger partial charge on any atom is -0.471 e. The summed E-state index contributed by atoms with van der Waals surface area (Å²) in [6, 6.07) is 12.3. The molecule has 1 unspecified atom stereocenters. The van der Waals surface area contributed by atoms with Gasteiger partial charge in [-0.1, -0.05) is 18.2 Å². The van der Waals surface area contributed by atoms with Gasteiger partial charge in [-0.15, -0.1) is 10.2 Å². The highest BCUT2D eigenvalue weighted by Gasteiger charge is 2.30. The van der Waals surface area contributed by atoms with Gasteiger partial charge in [-0.25, -0.2) is 4.79 Å². The fourth-order valence-corrected chi connectivity index (χ4v) is 3.18. The van der Waals surface area contributed by atoms with E-state index in [1.54, 1.807) is 35.2 Å².